The van der Waals surface area contributed by atoms with E-state index < -0.39 is 5.97 Å². The molecule has 3 N–H and O–H groups in total. The molecule has 0 aliphatic carbocycles. The van der Waals surface area contributed by atoms with Gasteiger partial charge >= 0.3 is 12.0 Å². The van der Waals surface area contributed by atoms with Gasteiger partial charge in [0.25, 0.3) is 0 Å². The van der Waals surface area contributed by atoms with E-state index in [1.165, 1.54) is 4.88 Å². The minimum atomic E-state index is -0.806. The molecule has 0 aliphatic heterocycles. The van der Waals surface area contributed by atoms with Gasteiger partial charge in [0.1, 0.15) is 5.01 Å². The summed E-state index contributed by atoms with van der Waals surface area (Å²) in [6.45, 7) is 2.97. The predicted octanol–water partition coefficient (Wildman–Crippen LogP) is 1.76. The normalized spacial score (nSPS) is 10.2. The standard InChI is InChI=1S/C12H19N3O3S/c1-2-9-7-14-10(19-9)8-15-12(18)13-6-4-3-5-11(16)17/h7H,2-6,8H2,1H3,(H,16,17)(H2,13,15,18). The van der Waals surface area contributed by atoms with Crippen molar-refractivity contribution in [2.24, 2.45) is 0 Å². The van der Waals surface area contributed by atoms with Crippen molar-refractivity contribution in [3.8, 4) is 0 Å². The van der Waals surface area contributed by atoms with Crippen LogP contribution in [0.1, 0.15) is 36.1 Å². The third-order valence-electron chi connectivity index (χ3n) is 2.45. The third kappa shape index (κ3) is 6.76. The van der Waals surface area contributed by atoms with E-state index >= 15 is 0 Å². The second kappa shape index (κ2) is 8.47. The van der Waals surface area contributed by atoms with Gasteiger partial charge in [0.2, 0.25) is 0 Å². The lowest BCUT2D eigenvalue weighted by atomic mass is 10.2. The molecule has 0 fully saturated rings. The van der Waals surface area contributed by atoms with Crippen LogP contribution in [0.25, 0.3) is 0 Å². The summed E-state index contributed by atoms with van der Waals surface area (Å²) < 4.78 is 0. The Morgan fingerprint density at radius 1 is 1.37 bits per heavy atom. The van der Waals surface area contributed by atoms with E-state index in [4.69, 9.17) is 5.11 Å². The Bertz CT molecular complexity index is 420. The number of unbranched alkanes of at least 4 members (excludes halogenated alkanes) is 1. The molecule has 19 heavy (non-hydrogen) atoms. The highest BCUT2D eigenvalue weighted by Gasteiger charge is 2.03. The smallest absolute Gasteiger partial charge is 0.315 e. The zero-order chi connectivity index (χ0) is 14.1. The molecule has 0 radical (unpaired) electrons. The van der Waals surface area contributed by atoms with Gasteiger partial charge in [-0.3, -0.25) is 4.79 Å². The largest absolute Gasteiger partial charge is 0.481 e. The lowest BCUT2D eigenvalue weighted by Gasteiger charge is -2.05. The summed E-state index contributed by atoms with van der Waals surface area (Å²) in [6, 6.07) is -0.247. The Morgan fingerprint density at radius 3 is 2.79 bits per heavy atom. The summed E-state index contributed by atoms with van der Waals surface area (Å²) in [7, 11) is 0. The number of carboxylic acids is 1. The van der Waals surface area contributed by atoms with E-state index in [9.17, 15) is 9.59 Å². The van der Waals surface area contributed by atoms with Crippen molar-refractivity contribution in [1.29, 1.82) is 0 Å². The molecule has 1 aromatic heterocycles. The van der Waals surface area contributed by atoms with Gasteiger partial charge in [-0.1, -0.05) is 6.92 Å². The van der Waals surface area contributed by atoms with Crippen LogP contribution in [-0.2, 0) is 17.8 Å². The zero-order valence-electron chi connectivity index (χ0n) is 10.9. The Kier molecular flexibility index (Phi) is 6.88. The molecule has 0 saturated heterocycles. The van der Waals surface area contributed by atoms with E-state index in [2.05, 4.69) is 22.5 Å². The first-order valence-electron chi connectivity index (χ1n) is 6.29. The molecule has 0 aliphatic rings. The maximum atomic E-state index is 11.4. The van der Waals surface area contributed by atoms with E-state index in [0.717, 1.165) is 11.4 Å². The number of aliphatic carboxylic acids is 1. The number of thiazole rings is 1. The molecule has 1 aromatic rings. The van der Waals surface area contributed by atoms with E-state index in [0.29, 0.717) is 25.9 Å². The monoisotopic (exact) mass is 285 g/mol. The number of amides is 2. The molecule has 1 heterocycles. The van der Waals surface area contributed by atoms with Crippen LogP contribution in [0.2, 0.25) is 0 Å². The summed E-state index contributed by atoms with van der Waals surface area (Å²) in [5.41, 5.74) is 0. The first-order chi connectivity index (χ1) is 9.11. The molecule has 7 heteroatoms. The molecule has 0 spiro atoms. The van der Waals surface area contributed by atoms with Crippen molar-refractivity contribution in [3.05, 3.63) is 16.1 Å². The van der Waals surface area contributed by atoms with Crippen molar-refractivity contribution in [2.45, 2.75) is 39.2 Å². The van der Waals surface area contributed by atoms with E-state index in [1.54, 1.807) is 11.3 Å². The Morgan fingerprint density at radius 2 is 2.16 bits per heavy atom. The molecule has 0 bridgehead atoms. The van der Waals surface area contributed by atoms with Crippen LogP contribution in [0.4, 0.5) is 4.79 Å². The highest BCUT2D eigenvalue weighted by molar-refractivity contribution is 7.11. The van der Waals surface area contributed by atoms with Crippen molar-refractivity contribution in [2.75, 3.05) is 6.54 Å². The fraction of sp³-hybridized carbons (Fsp3) is 0.583. The quantitative estimate of drug-likeness (QED) is 0.635. The van der Waals surface area contributed by atoms with Crippen molar-refractivity contribution < 1.29 is 14.7 Å². The average Bonchev–Trinajstić information content (AvgIpc) is 2.83. The molecule has 6 nitrogen and oxygen atoms in total. The topological polar surface area (TPSA) is 91.3 Å². The van der Waals surface area contributed by atoms with Crippen LogP contribution in [0, 0.1) is 0 Å². The highest BCUT2D eigenvalue weighted by atomic mass is 32.1. The lowest BCUT2D eigenvalue weighted by molar-refractivity contribution is -0.137. The number of hydrogen-bond acceptors (Lipinski definition) is 4. The molecule has 106 valence electrons. The Balaban J connectivity index is 2.09. The van der Waals surface area contributed by atoms with Crippen molar-refractivity contribution in [3.63, 3.8) is 0 Å². The summed E-state index contributed by atoms with van der Waals surface area (Å²) in [5, 5.41) is 14.7. The number of carbonyl (C=O) groups excluding carboxylic acids is 1. The van der Waals surface area contributed by atoms with Gasteiger partial charge in [0, 0.05) is 24.0 Å². The zero-order valence-corrected chi connectivity index (χ0v) is 11.8. The highest BCUT2D eigenvalue weighted by Crippen LogP contribution is 2.12. The molecule has 0 aromatic carbocycles. The number of nitrogens with one attached hydrogen (secondary N) is 2. The number of aromatic nitrogens is 1. The van der Waals surface area contributed by atoms with Gasteiger partial charge in [-0.25, -0.2) is 9.78 Å². The van der Waals surface area contributed by atoms with Crippen LogP contribution in [0.5, 0.6) is 0 Å². The number of carbonyl (C=O) groups is 2. The summed E-state index contributed by atoms with van der Waals surface area (Å²) in [5.74, 6) is -0.806. The van der Waals surface area contributed by atoms with Crippen LogP contribution in [0.15, 0.2) is 6.20 Å². The van der Waals surface area contributed by atoms with Crippen molar-refractivity contribution in [1.82, 2.24) is 15.6 Å². The molecule has 0 atom stereocenters. The first-order valence-corrected chi connectivity index (χ1v) is 7.10. The lowest BCUT2D eigenvalue weighted by Crippen LogP contribution is -2.35. The maximum Gasteiger partial charge on any atom is 0.315 e. The van der Waals surface area contributed by atoms with Gasteiger partial charge in [-0.05, 0) is 19.3 Å². The Hall–Kier alpha value is -1.63. The van der Waals surface area contributed by atoms with E-state index in [1.807, 2.05) is 6.20 Å². The molecule has 0 saturated carbocycles. The maximum absolute atomic E-state index is 11.4. The van der Waals surface area contributed by atoms with Crippen molar-refractivity contribution >= 4 is 23.3 Å². The fourth-order valence-corrected chi connectivity index (χ4v) is 2.22. The van der Waals surface area contributed by atoms with E-state index in [-0.39, 0.29) is 12.5 Å². The third-order valence-corrected chi connectivity index (χ3v) is 3.59. The van der Waals surface area contributed by atoms with Crippen LogP contribution in [-0.4, -0.2) is 28.6 Å². The van der Waals surface area contributed by atoms with Crippen LogP contribution < -0.4 is 10.6 Å². The van der Waals surface area contributed by atoms with Gasteiger partial charge in [-0.15, -0.1) is 11.3 Å². The molecule has 0 unspecified atom stereocenters. The minimum absolute atomic E-state index is 0.141. The number of urea groups is 1. The van der Waals surface area contributed by atoms with Crippen LogP contribution >= 0.6 is 11.3 Å². The van der Waals surface area contributed by atoms with Gasteiger partial charge in [0.15, 0.2) is 0 Å². The van der Waals surface area contributed by atoms with Gasteiger partial charge in [-0.2, -0.15) is 0 Å². The van der Waals surface area contributed by atoms with Crippen LogP contribution in [0.3, 0.4) is 0 Å². The number of nitrogens with zero attached hydrogens (tertiary/aromatic N) is 1. The molecular formula is C12H19N3O3S. The minimum Gasteiger partial charge on any atom is -0.481 e. The second-order valence-electron chi connectivity index (χ2n) is 4.03. The molecule has 1 rings (SSSR count). The van der Waals surface area contributed by atoms with Gasteiger partial charge < -0.3 is 15.7 Å². The predicted molar refractivity (Wildman–Crippen MR) is 73.2 cm³/mol. The Labute approximate surface area is 116 Å². The first kappa shape index (κ1) is 15.4. The number of aryl methyl sites for hydroxylation is 1. The molecule has 2 amide bonds. The second-order valence-corrected chi connectivity index (χ2v) is 5.23. The summed E-state index contributed by atoms with van der Waals surface area (Å²) in [6.07, 6.45) is 4.15. The van der Waals surface area contributed by atoms with Gasteiger partial charge in [0.05, 0.1) is 6.54 Å². The molecular weight excluding hydrogens is 266 g/mol. The average molecular weight is 285 g/mol. The SMILES string of the molecule is CCc1cnc(CNC(=O)NCCCCC(=O)O)s1. The number of carboxylic acid groups (broad SMARTS) is 1. The summed E-state index contributed by atoms with van der Waals surface area (Å²) >= 11 is 1.59. The number of rotatable bonds is 8. The summed E-state index contributed by atoms with van der Waals surface area (Å²) in [4.78, 5) is 27.1. The number of hydrogen-bond donors (Lipinski definition) is 3. The fourth-order valence-electron chi connectivity index (χ4n) is 1.41.